The standard InChI is InChI=1S/C18H36N2O/c1-5-20-9-6-16(7-10-20)8-11-21-18-12-17(13-18)19(4)14-15(2)3/h15-18H,5-14H2,1-4H3/t17-,18-. The number of hydrogen-bond acceptors (Lipinski definition) is 3. The summed E-state index contributed by atoms with van der Waals surface area (Å²) < 4.78 is 6.08. The van der Waals surface area contributed by atoms with Crippen molar-refractivity contribution in [2.24, 2.45) is 11.8 Å². The molecule has 0 aromatic carbocycles. The first-order valence-corrected chi connectivity index (χ1v) is 9.12. The molecular weight excluding hydrogens is 260 g/mol. The van der Waals surface area contributed by atoms with Crippen LogP contribution in [-0.2, 0) is 4.74 Å². The average molecular weight is 296 g/mol. The Kier molecular flexibility index (Phi) is 6.97. The molecule has 0 aromatic heterocycles. The molecule has 0 N–H and O–H groups in total. The van der Waals surface area contributed by atoms with Crippen LogP contribution in [0.15, 0.2) is 0 Å². The number of likely N-dealkylation sites (tertiary alicyclic amines) is 1. The van der Waals surface area contributed by atoms with Gasteiger partial charge in [0, 0.05) is 19.2 Å². The summed E-state index contributed by atoms with van der Waals surface area (Å²) in [5.74, 6) is 1.68. The maximum absolute atomic E-state index is 6.08. The molecule has 0 atom stereocenters. The van der Waals surface area contributed by atoms with Crippen molar-refractivity contribution in [3.8, 4) is 0 Å². The van der Waals surface area contributed by atoms with Gasteiger partial charge in [-0.05, 0) is 70.6 Å². The minimum atomic E-state index is 0.542. The van der Waals surface area contributed by atoms with Crippen LogP contribution in [0.5, 0.6) is 0 Å². The molecule has 0 aromatic rings. The van der Waals surface area contributed by atoms with Crippen LogP contribution in [0.2, 0.25) is 0 Å². The first-order chi connectivity index (χ1) is 10.1. The minimum Gasteiger partial charge on any atom is -0.378 e. The van der Waals surface area contributed by atoms with Crippen molar-refractivity contribution in [1.29, 1.82) is 0 Å². The quantitative estimate of drug-likeness (QED) is 0.684. The summed E-state index contributed by atoms with van der Waals surface area (Å²) in [5.41, 5.74) is 0. The molecule has 2 aliphatic rings. The van der Waals surface area contributed by atoms with E-state index in [1.165, 1.54) is 58.3 Å². The Morgan fingerprint density at radius 3 is 2.43 bits per heavy atom. The maximum atomic E-state index is 6.08. The Hall–Kier alpha value is -0.120. The number of rotatable bonds is 8. The molecule has 0 spiro atoms. The van der Waals surface area contributed by atoms with Gasteiger partial charge < -0.3 is 14.5 Å². The van der Waals surface area contributed by atoms with Gasteiger partial charge in [-0.2, -0.15) is 0 Å². The second kappa shape index (κ2) is 8.50. The second-order valence-corrected chi connectivity index (χ2v) is 7.62. The molecule has 124 valence electrons. The predicted octanol–water partition coefficient (Wildman–Crippen LogP) is 3.24. The van der Waals surface area contributed by atoms with Crippen molar-refractivity contribution in [2.75, 3.05) is 39.8 Å². The van der Waals surface area contributed by atoms with Gasteiger partial charge in [-0.3, -0.25) is 0 Å². The van der Waals surface area contributed by atoms with Crippen molar-refractivity contribution in [3.05, 3.63) is 0 Å². The van der Waals surface area contributed by atoms with E-state index in [-0.39, 0.29) is 0 Å². The molecule has 2 fully saturated rings. The van der Waals surface area contributed by atoms with Gasteiger partial charge in [0.05, 0.1) is 6.10 Å². The zero-order valence-electron chi connectivity index (χ0n) is 14.7. The molecule has 1 saturated carbocycles. The van der Waals surface area contributed by atoms with E-state index in [1.807, 2.05) is 0 Å². The van der Waals surface area contributed by atoms with Crippen LogP contribution < -0.4 is 0 Å². The van der Waals surface area contributed by atoms with Crippen LogP contribution in [0, 0.1) is 11.8 Å². The zero-order valence-corrected chi connectivity index (χ0v) is 14.7. The molecule has 0 unspecified atom stereocenters. The van der Waals surface area contributed by atoms with E-state index < -0.39 is 0 Å². The molecule has 1 aliphatic heterocycles. The number of piperidine rings is 1. The molecule has 1 aliphatic carbocycles. The Morgan fingerprint density at radius 2 is 1.86 bits per heavy atom. The Bertz CT molecular complexity index is 281. The van der Waals surface area contributed by atoms with E-state index in [4.69, 9.17) is 4.74 Å². The third-order valence-corrected chi connectivity index (χ3v) is 5.38. The van der Waals surface area contributed by atoms with Crippen LogP contribution >= 0.6 is 0 Å². The van der Waals surface area contributed by atoms with Crippen molar-refractivity contribution < 1.29 is 4.74 Å². The maximum Gasteiger partial charge on any atom is 0.0605 e. The van der Waals surface area contributed by atoms with E-state index in [2.05, 4.69) is 37.6 Å². The van der Waals surface area contributed by atoms with E-state index in [0.717, 1.165) is 24.5 Å². The first-order valence-electron chi connectivity index (χ1n) is 9.12. The van der Waals surface area contributed by atoms with Gasteiger partial charge in [-0.1, -0.05) is 20.8 Å². The third-order valence-electron chi connectivity index (χ3n) is 5.38. The first kappa shape index (κ1) is 17.2. The third kappa shape index (κ3) is 5.54. The summed E-state index contributed by atoms with van der Waals surface area (Å²) in [5, 5.41) is 0. The lowest BCUT2D eigenvalue weighted by Gasteiger charge is -2.41. The van der Waals surface area contributed by atoms with E-state index >= 15 is 0 Å². The van der Waals surface area contributed by atoms with E-state index in [9.17, 15) is 0 Å². The lowest BCUT2D eigenvalue weighted by Crippen LogP contribution is -2.47. The highest BCUT2D eigenvalue weighted by Gasteiger charge is 2.32. The van der Waals surface area contributed by atoms with Crippen molar-refractivity contribution in [2.45, 2.75) is 65.0 Å². The molecular formula is C18H36N2O. The van der Waals surface area contributed by atoms with Crippen LogP contribution in [-0.4, -0.2) is 61.8 Å². The molecule has 1 saturated heterocycles. The SMILES string of the molecule is CCN1CCC(CCO[C@H]2C[C@H](N(C)CC(C)C)C2)CC1. The van der Waals surface area contributed by atoms with Crippen LogP contribution in [0.3, 0.4) is 0 Å². The normalized spacial score (nSPS) is 28.3. The lowest BCUT2D eigenvalue weighted by atomic mass is 9.87. The lowest BCUT2D eigenvalue weighted by molar-refractivity contribution is -0.0520. The number of ether oxygens (including phenoxy) is 1. The monoisotopic (exact) mass is 296 g/mol. The topological polar surface area (TPSA) is 15.7 Å². The number of hydrogen-bond donors (Lipinski definition) is 0. The average Bonchev–Trinajstić information content (AvgIpc) is 2.41. The molecule has 0 radical (unpaired) electrons. The van der Waals surface area contributed by atoms with Crippen LogP contribution in [0.1, 0.15) is 52.9 Å². The fraction of sp³-hybridized carbons (Fsp3) is 1.00. The highest BCUT2D eigenvalue weighted by molar-refractivity contribution is 4.87. The molecule has 1 heterocycles. The molecule has 2 rings (SSSR count). The van der Waals surface area contributed by atoms with Gasteiger partial charge >= 0.3 is 0 Å². The second-order valence-electron chi connectivity index (χ2n) is 7.62. The smallest absolute Gasteiger partial charge is 0.0605 e. The van der Waals surface area contributed by atoms with Crippen LogP contribution in [0.4, 0.5) is 0 Å². The Labute approximate surface area is 132 Å². The van der Waals surface area contributed by atoms with Crippen molar-refractivity contribution in [3.63, 3.8) is 0 Å². The fourth-order valence-electron chi connectivity index (χ4n) is 3.75. The van der Waals surface area contributed by atoms with Gasteiger partial charge in [0.25, 0.3) is 0 Å². The van der Waals surface area contributed by atoms with E-state index in [0.29, 0.717) is 6.10 Å². The van der Waals surface area contributed by atoms with Gasteiger partial charge in [0.1, 0.15) is 0 Å². The summed E-state index contributed by atoms with van der Waals surface area (Å²) >= 11 is 0. The van der Waals surface area contributed by atoms with Gasteiger partial charge in [0.15, 0.2) is 0 Å². The molecule has 3 heteroatoms. The molecule has 0 bridgehead atoms. The highest BCUT2D eigenvalue weighted by atomic mass is 16.5. The van der Waals surface area contributed by atoms with E-state index in [1.54, 1.807) is 0 Å². The van der Waals surface area contributed by atoms with Crippen LogP contribution in [0.25, 0.3) is 0 Å². The summed E-state index contributed by atoms with van der Waals surface area (Å²) in [7, 11) is 2.27. The Morgan fingerprint density at radius 1 is 1.19 bits per heavy atom. The van der Waals surface area contributed by atoms with Gasteiger partial charge in [-0.15, -0.1) is 0 Å². The summed E-state index contributed by atoms with van der Waals surface area (Å²) in [6, 6.07) is 0.769. The molecule has 3 nitrogen and oxygen atoms in total. The largest absolute Gasteiger partial charge is 0.378 e. The Balaban J connectivity index is 1.50. The van der Waals surface area contributed by atoms with Gasteiger partial charge in [0.2, 0.25) is 0 Å². The summed E-state index contributed by atoms with van der Waals surface area (Å²) in [4.78, 5) is 5.09. The highest BCUT2D eigenvalue weighted by Crippen LogP contribution is 2.29. The number of nitrogens with zero attached hydrogens (tertiary/aromatic N) is 2. The molecule has 21 heavy (non-hydrogen) atoms. The van der Waals surface area contributed by atoms with Gasteiger partial charge in [-0.25, -0.2) is 0 Å². The molecule has 0 amide bonds. The fourth-order valence-corrected chi connectivity index (χ4v) is 3.75. The summed E-state index contributed by atoms with van der Waals surface area (Å²) in [6.45, 7) is 12.9. The summed E-state index contributed by atoms with van der Waals surface area (Å²) in [6.07, 6.45) is 7.07. The predicted molar refractivity (Wildman–Crippen MR) is 89.7 cm³/mol. The van der Waals surface area contributed by atoms with Crippen molar-refractivity contribution in [1.82, 2.24) is 9.80 Å². The zero-order chi connectivity index (χ0) is 15.2. The van der Waals surface area contributed by atoms with Crippen molar-refractivity contribution >= 4 is 0 Å². The minimum absolute atomic E-state index is 0.542.